The number of halogens is 1. The van der Waals surface area contributed by atoms with Gasteiger partial charge in [0.05, 0.1) is 12.2 Å². The van der Waals surface area contributed by atoms with Crippen molar-refractivity contribution in [2.75, 3.05) is 19.0 Å². The summed E-state index contributed by atoms with van der Waals surface area (Å²) >= 11 is 0. The average molecular weight is 464 g/mol. The van der Waals surface area contributed by atoms with Gasteiger partial charge in [0.25, 0.3) is 5.91 Å². The minimum atomic E-state index is -0.316. The van der Waals surface area contributed by atoms with Crippen LogP contribution in [0.4, 0.5) is 10.2 Å². The minimum absolute atomic E-state index is 0.0521. The molecule has 2 aromatic heterocycles. The van der Waals surface area contributed by atoms with Crippen LogP contribution in [0.3, 0.4) is 0 Å². The van der Waals surface area contributed by atoms with Crippen molar-refractivity contribution in [1.29, 1.82) is 0 Å². The summed E-state index contributed by atoms with van der Waals surface area (Å²) in [5.41, 5.74) is 0.661. The second-order valence-electron chi connectivity index (χ2n) is 8.29. The van der Waals surface area contributed by atoms with Gasteiger partial charge in [0, 0.05) is 38.3 Å². The summed E-state index contributed by atoms with van der Waals surface area (Å²) < 4.78 is 19.0. The van der Waals surface area contributed by atoms with E-state index >= 15 is 0 Å². The van der Waals surface area contributed by atoms with E-state index in [0.29, 0.717) is 23.7 Å². The fraction of sp³-hybridized carbons (Fsp3) is 0.320. The van der Waals surface area contributed by atoms with Crippen LogP contribution in [0.15, 0.2) is 54.9 Å². The lowest BCUT2D eigenvalue weighted by Gasteiger charge is -2.30. The molecule has 3 aromatic rings. The number of nitrogens with zero attached hydrogens (tertiary/aromatic N) is 4. The summed E-state index contributed by atoms with van der Waals surface area (Å²) in [5.74, 6) is 0.493. The summed E-state index contributed by atoms with van der Waals surface area (Å²) in [6.45, 7) is 1.80. The Balaban J connectivity index is 1.56. The van der Waals surface area contributed by atoms with Gasteiger partial charge >= 0.3 is 0 Å². The first-order valence-corrected chi connectivity index (χ1v) is 11.1. The number of amides is 2. The molecule has 4 rings (SSSR count). The Morgan fingerprint density at radius 1 is 1.12 bits per heavy atom. The number of nitrogens with one attached hydrogen (secondary N) is 1. The van der Waals surface area contributed by atoms with Crippen molar-refractivity contribution < 1.29 is 18.7 Å². The number of hydrogen-bond acceptors (Lipinski definition) is 6. The van der Waals surface area contributed by atoms with E-state index in [4.69, 9.17) is 4.74 Å². The van der Waals surface area contributed by atoms with Gasteiger partial charge in [-0.1, -0.05) is 6.42 Å². The van der Waals surface area contributed by atoms with Gasteiger partial charge in [-0.25, -0.2) is 19.3 Å². The van der Waals surface area contributed by atoms with Gasteiger partial charge in [-0.3, -0.25) is 9.59 Å². The number of pyridine rings is 1. The van der Waals surface area contributed by atoms with Crippen molar-refractivity contribution in [3.05, 3.63) is 66.4 Å². The summed E-state index contributed by atoms with van der Waals surface area (Å²) in [7, 11) is 1.76. The highest BCUT2D eigenvalue weighted by Crippen LogP contribution is 2.32. The second-order valence-corrected chi connectivity index (χ2v) is 8.29. The lowest BCUT2D eigenvalue weighted by Crippen LogP contribution is -2.41. The number of carbonyl (C=O) groups is 2. The minimum Gasteiger partial charge on any atom is -0.493 e. The maximum Gasteiger partial charge on any atom is 0.273 e. The van der Waals surface area contributed by atoms with Crippen LogP contribution in [0.5, 0.6) is 5.75 Å². The molecule has 0 bridgehead atoms. The fourth-order valence-corrected chi connectivity index (χ4v) is 4.26. The Hall–Kier alpha value is -3.88. The van der Waals surface area contributed by atoms with Crippen LogP contribution in [0.25, 0.3) is 11.4 Å². The molecule has 34 heavy (non-hydrogen) atoms. The average Bonchev–Trinajstić information content (AvgIpc) is 3.31. The van der Waals surface area contributed by atoms with E-state index in [0.717, 1.165) is 19.3 Å². The predicted octanol–water partition coefficient (Wildman–Crippen LogP) is 3.96. The Morgan fingerprint density at radius 2 is 1.85 bits per heavy atom. The molecular formula is C25H26FN5O3. The number of aromatic nitrogens is 3. The molecule has 2 atom stereocenters. The first-order chi connectivity index (χ1) is 16.4. The Kier molecular flexibility index (Phi) is 7.10. The Bertz CT molecular complexity index is 1160. The number of anilines is 1. The fourth-order valence-electron chi connectivity index (χ4n) is 4.26. The molecule has 1 aliphatic carbocycles. The van der Waals surface area contributed by atoms with Crippen molar-refractivity contribution in [2.45, 2.75) is 32.2 Å². The lowest BCUT2D eigenvalue weighted by molar-refractivity contribution is -0.114. The van der Waals surface area contributed by atoms with Gasteiger partial charge in [0.2, 0.25) is 5.91 Å². The van der Waals surface area contributed by atoms with Crippen LogP contribution >= 0.6 is 0 Å². The third-order valence-corrected chi connectivity index (χ3v) is 5.92. The lowest BCUT2D eigenvalue weighted by atomic mass is 10.0. The molecule has 1 aromatic carbocycles. The molecule has 2 heterocycles. The third kappa shape index (κ3) is 5.36. The third-order valence-electron chi connectivity index (χ3n) is 5.92. The molecule has 0 saturated heterocycles. The highest BCUT2D eigenvalue weighted by Gasteiger charge is 2.35. The first kappa shape index (κ1) is 23.3. The van der Waals surface area contributed by atoms with Gasteiger partial charge in [-0.05, 0) is 55.3 Å². The highest BCUT2D eigenvalue weighted by molar-refractivity contribution is 5.99. The van der Waals surface area contributed by atoms with Gasteiger partial charge in [-0.15, -0.1) is 0 Å². The summed E-state index contributed by atoms with van der Waals surface area (Å²) in [4.78, 5) is 39.8. The Morgan fingerprint density at radius 3 is 2.56 bits per heavy atom. The van der Waals surface area contributed by atoms with Gasteiger partial charge in [0.15, 0.2) is 5.82 Å². The molecule has 0 spiro atoms. The Labute approximate surface area is 197 Å². The zero-order chi connectivity index (χ0) is 24.1. The largest absolute Gasteiger partial charge is 0.493 e. The van der Waals surface area contributed by atoms with Crippen molar-refractivity contribution in [1.82, 2.24) is 19.9 Å². The molecule has 1 saturated carbocycles. The van der Waals surface area contributed by atoms with E-state index in [1.807, 2.05) is 0 Å². The van der Waals surface area contributed by atoms with Crippen molar-refractivity contribution in [3.63, 3.8) is 0 Å². The van der Waals surface area contributed by atoms with E-state index in [1.54, 1.807) is 54.7 Å². The molecule has 0 aliphatic heterocycles. The molecule has 0 unspecified atom stereocenters. The van der Waals surface area contributed by atoms with Crippen LogP contribution in [0, 0.1) is 11.7 Å². The molecular weight excluding hydrogens is 437 g/mol. The molecule has 1 aliphatic rings. The second kappa shape index (κ2) is 10.4. The van der Waals surface area contributed by atoms with Crippen LogP contribution in [-0.2, 0) is 4.79 Å². The summed E-state index contributed by atoms with van der Waals surface area (Å²) in [6.07, 6.45) is 5.91. The summed E-state index contributed by atoms with van der Waals surface area (Å²) in [6, 6.07) is 10.9. The van der Waals surface area contributed by atoms with Crippen molar-refractivity contribution in [2.24, 2.45) is 5.92 Å². The smallest absolute Gasteiger partial charge is 0.273 e. The molecule has 8 nitrogen and oxygen atoms in total. The SMILES string of the molecule is CC(=O)Nc1ccc(-c2ncccn2)c(C(=O)N(C)[C@H]2CCC[C@@H]2COc2ccc(F)cc2)n1. The molecule has 9 heteroatoms. The van der Waals surface area contributed by atoms with Gasteiger partial charge in [-0.2, -0.15) is 0 Å². The zero-order valence-corrected chi connectivity index (χ0v) is 19.1. The normalized spacial score (nSPS) is 17.3. The zero-order valence-electron chi connectivity index (χ0n) is 19.1. The number of benzene rings is 1. The topological polar surface area (TPSA) is 97.3 Å². The molecule has 176 valence electrons. The van der Waals surface area contributed by atoms with Crippen LogP contribution < -0.4 is 10.1 Å². The van der Waals surface area contributed by atoms with E-state index in [9.17, 15) is 14.0 Å². The number of ether oxygens (including phenoxy) is 1. The van der Waals surface area contributed by atoms with E-state index in [-0.39, 0.29) is 41.1 Å². The maximum atomic E-state index is 13.6. The molecule has 0 radical (unpaired) electrons. The molecule has 2 amide bonds. The first-order valence-electron chi connectivity index (χ1n) is 11.1. The quantitative estimate of drug-likeness (QED) is 0.570. The monoisotopic (exact) mass is 463 g/mol. The predicted molar refractivity (Wildman–Crippen MR) is 125 cm³/mol. The van der Waals surface area contributed by atoms with Crippen LogP contribution in [0.1, 0.15) is 36.7 Å². The van der Waals surface area contributed by atoms with Gasteiger partial charge in [0.1, 0.15) is 23.1 Å². The standard InChI is InChI=1S/C25H26FN5O3/c1-16(32)29-22-12-11-20(24-27-13-4-14-28-24)23(30-22)25(33)31(2)21-6-3-5-17(21)15-34-19-9-7-18(26)8-10-19/h4,7-14,17,21H,3,5-6,15H2,1-2H3,(H,29,30,32)/t17-,21+/m1/s1. The number of rotatable bonds is 7. The van der Waals surface area contributed by atoms with Crippen LogP contribution in [-0.4, -0.2) is 51.4 Å². The van der Waals surface area contributed by atoms with E-state index in [2.05, 4.69) is 20.3 Å². The number of hydrogen-bond donors (Lipinski definition) is 1. The highest BCUT2D eigenvalue weighted by atomic mass is 19.1. The van der Waals surface area contributed by atoms with Gasteiger partial charge < -0.3 is 15.0 Å². The van der Waals surface area contributed by atoms with E-state index in [1.165, 1.54) is 19.1 Å². The summed E-state index contributed by atoms with van der Waals surface area (Å²) in [5, 5.41) is 2.63. The maximum absolute atomic E-state index is 13.6. The number of carbonyl (C=O) groups excluding carboxylic acids is 2. The van der Waals surface area contributed by atoms with Crippen molar-refractivity contribution in [3.8, 4) is 17.1 Å². The van der Waals surface area contributed by atoms with Crippen LogP contribution in [0.2, 0.25) is 0 Å². The molecule has 1 N–H and O–H groups in total. The molecule has 1 fully saturated rings. The van der Waals surface area contributed by atoms with E-state index < -0.39 is 0 Å². The van der Waals surface area contributed by atoms with Crippen molar-refractivity contribution >= 4 is 17.6 Å².